The highest BCUT2D eigenvalue weighted by atomic mass is 32.2. The third kappa shape index (κ3) is 2.58. The average Bonchev–Trinajstić information content (AvgIpc) is 2.80. The number of thioether (sulfide) groups is 1. The van der Waals surface area contributed by atoms with Gasteiger partial charge in [-0.15, -0.1) is 6.58 Å². The first-order valence-corrected chi connectivity index (χ1v) is 7.26. The van der Waals surface area contributed by atoms with Crippen molar-refractivity contribution in [2.45, 2.75) is 18.6 Å². The molecule has 0 saturated heterocycles. The van der Waals surface area contributed by atoms with E-state index in [9.17, 15) is 14.4 Å². The van der Waals surface area contributed by atoms with Gasteiger partial charge in [0.15, 0.2) is 16.3 Å². The number of carbonyl (C=O) groups is 1. The number of allylic oxidation sites excluding steroid dienone is 1. The number of rotatable bonds is 5. The van der Waals surface area contributed by atoms with Crippen LogP contribution in [0.3, 0.4) is 0 Å². The second-order valence-electron chi connectivity index (χ2n) is 4.66. The molecule has 2 rings (SSSR count). The van der Waals surface area contributed by atoms with E-state index in [0.29, 0.717) is 22.9 Å². The van der Waals surface area contributed by atoms with Crippen LogP contribution in [0.15, 0.2) is 27.4 Å². The van der Waals surface area contributed by atoms with Crippen LogP contribution in [0.4, 0.5) is 0 Å². The number of hydrogen-bond acceptors (Lipinski definition) is 5. The van der Waals surface area contributed by atoms with E-state index in [4.69, 9.17) is 0 Å². The normalized spacial score (nSPS) is 11.0. The highest BCUT2D eigenvalue weighted by molar-refractivity contribution is 7.99. The van der Waals surface area contributed by atoms with Crippen LogP contribution in [-0.4, -0.2) is 30.2 Å². The third-order valence-electron chi connectivity index (χ3n) is 3.03. The Morgan fingerprint density at radius 1 is 1.33 bits per heavy atom. The van der Waals surface area contributed by atoms with Gasteiger partial charge in [0.2, 0.25) is 0 Å². The topological polar surface area (TPSA) is 78.9 Å². The Hall–Kier alpha value is -2.09. The molecular weight excluding hydrogens is 292 g/mol. The first-order chi connectivity index (χ1) is 9.88. The van der Waals surface area contributed by atoms with Gasteiger partial charge in [-0.1, -0.05) is 17.8 Å². The molecule has 0 aromatic carbocycles. The molecule has 8 heteroatoms. The van der Waals surface area contributed by atoms with Gasteiger partial charge in [0, 0.05) is 20.6 Å². The largest absolute Gasteiger partial charge is 0.332 e. The van der Waals surface area contributed by atoms with Crippen molar-refractivity contribution in [3.63, 3.8) is 0 Å². The minimum Gasteiger partial charge on any atom is -0.309 e. The maximum Gasteiger partial charge on any atom is 0.332 e. The summed E-state index contributed by atoms with van der Waals surface area (Å²) >= 11 is 1.24. The van der Waals surface area contributed by atoms with E-state index >= 15 is 0 Å². The summed E-state index contributed by atoms with van der Waals surface area (Å²) in [6, 6.07) is 0. The van der Waals surface area contributed by atoms with Gasteiger partial charge in [-0.2, -0.15) is 0 Å². The predicted octanol–water partition coefficient (Wildman–Crippen LogP) is 0.301. The van der Waals surface area contributed by atoms with Gasteiger partial charge in [-0.05, 0) is 6.92 Å². The number of ketones is 1. The zero-order valence-corrected chi connectivity index (χ0v) is 12.9. The van der Waals surface area contributed by atoms with Crippen molar-refractivity contribution in [1.29, 1.82) is 0 Å². The number of Topliss-reactive ketones (excluding diaryl/α,β-unsaturated/α-hetero) is 1. The molecule has 2 aromatic rings. The van der Waals surface area contributed by atoms with Crippen molar-refractivity contribution >= 4 is 28.7 Å². The number of nitrogens with zero attached hydrogens (tertiary/aromatic N) is 4. The SMILES string of the molecule is C=CCn1c(SCC(C)=O)nc2c1c(=O)n(C)c(=O)n2C. The summed E-state index contributed by atoms with van der Waals surface area (Å²) in [5.41, 5.74) is -0.183. The van der Waals surface area contributed by atoms with Crippen LogP contribution < -0.4 is 11.2 Å². The predicted molar refractivity (Wildman–Crippen MR) is 81.8 cm³/mol. The molecule has 2 heterocycles. The zero-order valence-electron chi connectivity index (χ0n) is 12.1. The quantitative estimate of drug-likeness (QED) is 0.586. The Morgan fingerprint density at radius 3 is 2.57 bits per heavy atom. The van der Waals surface area contributed by atoms with E-state index in [2.05, 4.69) is 11.6 Å². The van der Waals surface area contributed by atoms with Crippen LogP contribution in [0.25, 0.3) is 11.2 Å². The van der Waals surface area contributed by atoms with Crippen LogP contribution in [0, 0.1) is 0 Å². The summed E-state index contributed by atoms with van der Waals surface area (Å²) in [5.74, 6) is 0.272. The molecule has 0 saturated carbocycles. The lowest BCUT2D eigenvalue weighted by Crippen LogP contribution is -2.37. The van der Waals surface area contributed by atoms with Gasteiger partial charge < -0.3 is 4.57 Å². The summed E-state index contributed by atoms with van der Waals surface area (Å²) in [7, 11) is 2.99. The molecular formula is C13H16N4O3S. The fourth-order valence-electron chi connectivity index (χ4n) is 2.00. The molecule has 0 fully saturated rings. The maximum absolute atomic E-state index is 12.3. The zero-order chi connectivity index (χ0) is 15.7. The molecule has 0 N–H and O–H groups in total. The monoisotopic (exact) mass is 308 g/mol. The minimum absolute atomic E-state index is 0.0130. The molecule has 2 aromatic heterocycles. The molecule has 0 aliphatic heterocycles. The molecule has 0 amide bonds. The van der Waals surface area contributed by atoms with Gasteiger partial charge in [0.25, 0.3) is 5.56 Å². The van der Waals surface area contributed by atoms with E-state index in [-0.39, 0.29) is 11.5 Å². The minimum atomic E-state index is -0.432. The van der Waals surface area contributed by atoms with E-state index in [1.165, 1.54) is 30.3 Å². The van der Waals surface area contributed by atoms with Crippen molar-refractivity contribution in [2.24, 2.45) is 14.1 Å². The molecule has 21 heavy (non-hydrogen) atoms. The molecule has 0 unspecified atom stereocenters. The Balaban J connectivity index is 2.79. The van der Waals surface area contributed by atoms with Gasteiger partial charge >= 0.3 is 5.69 Å². The molecule has 0 aliphatic rings. The maximum atomic E-state index is 12.3. The van der Waals surface area contributed by atoms with Crippen molar-refractivity contribution in [3.8, 4) is 0 Å². The summed E-state index contributed by atoms with van der Waals surface area (Å²) in [6.45, 7) is 5.54. The number of fused-ring (bicyclic) bond motifs is 1. The van der Waals surface area contributed by atoms with Gasteiger partial charge in [-0.25, -0.2) is 9.78 Å². The highest BCUT2D eigenvalue weighted by Crippen LogP contribution is 2.21. The Morgan fingerprint density at radius 2 is 2.00 bits per heavy atom. The first kappa shape index (κ1) is 15.3. The van der Waals surface area contributed by atoms with Crippen LogP contribution in [0.2, 0.25) is 0 Å². The van der Waals surface area contributed by atoms with Crippen LogP contribution in [0.5, 0.6) is 0 Å². The van der Waals surface area contributed by atoms with Crippen molar-refractivity contribution in [3.05, 3.63) is 33.5 Å². The van der Waals surface area contributed by atoms with Crippen molar-refractivity contribution < 1.29 is 4.79 Å². The highest BCUT2D eigenvalue weighted by Gasteiger charge is 2.18. The molecule has 7 nitrogen and oxygen atoms in total. The van der Waals surface area contributed by atoms with Crippen molar-refractivity contribution in [1.82, 2.24) is 18.7 Å². The summed E-state index contributed by atoms with van der Waals surface area (Å²) < 4.78 is 4.05. The number of aromatic nitrogens is 4. The number of aryl methyl sites for hydroxylation is 1. The molecule has 112 valence electrons. The Bertz CT molecular complexity index is 844. The first-order valence-electron chi connectivity index (χ1n) is 6.27. The Kier molecular flexibility index (Phi) is 4.17. The van der Waals surface area contributed by atoms with Crippen LogP contribution >= 0.6 is 11.8 Å². The summed E-state index contributed by atoms with van der Waals surface area (Å²) in [5, 5.41) is 0.526. The molecule has 0 atom stereocenters. The van der Waals surface area contributed by atoms with E-state index in [0.717, 1.165) is 4.57 Å². The fraction of sp³-hybridized carbons (Fsp3) is 0.385. The molecule has 0 bridgehead atoms. The lowest BCUT2D eigenvalue weighted by atomic mass is 10.5. The van der Waals surface area contributed by atoms with Crippen LogP contribution in [0.1, 0.15) is 6.92 Å². The fourth-order valence-corrected chi connectivity index (χ4v) is 2.81. The molecule has 0 radical (unpaired) electrons. The van der Waals surface area contributed by atoms with Gasteiger partial charge in [0.05, 0.1) is 5.75 Å². The van der Waals surface area contributed by atoms with E-state index in [1.807, 2.05) is 0 Å². The Labute approximate surface area is 124 Å². The molecule has 0 aliphatic carbocycles. The summed E-state index contributed by atoms with van der Waals surface area (Å²) in [4.78, 5) is 39.8. The number of imidazole rings is 1. The van der Waals surface area contributed by atoms with Gasteiger partial charge in [0.1, 0.15) is 5.78 Å². The third-order valence-corrected chi connectivity index (χ3v) is 4.15. The average molecular weight is 308 g/mol. The smallest absolute Gasteiger partial charge is 0.309 e. The second-order valence-corrected chi connectivity index (χ2v) is 5.60. The van der Waals surface area contributed by atoms with E-state index in [1.54, 1.807) is 17.7 Å². The van der Waals surface area contributed by atoms with E-state index < -0.39 is 11.2 Å². The van der Waals surface area contributed by atoms with Crippen molar-refractivity contribution in [2.75, 3.05) is 5.75 Å². The second kappa shape index (κ2) is 5.72. The lowest BCUT2D eigenvalue weighted by Gasteiger charge is -2.06. The summed E-state index contributed by atoms with van der Waals surface area (Å²) in [6.07, 6.45) is 1.64. The molecule has 0 spiro atoms. The standard InChI is InChI=1S/C13H16N4O3S/c1-5-6-17-9-10(14-12(17)21-7-8(2)18)15(3)13(20)16(4)11(9)19/h5H,1,6-7H2,2-4H3. The van der Waals surface area contributed by atoms with Gasteiger partial charge in [-0.3, -0.25) is 18.7 Å². The number of carbonyl (C=O) groups excluding carboxylic acids is 1. The lowest BCUT2D eigenvalue weighted by molar-refractivity contribution is -0.114. The number of hydrogen-bond donors (Lipinski definition) is 0. The van der Waals surface area contributed by atoms with Crippen LogP contribution in [-0.2, 0) is 25.4 Å².